The minimum Gasteiger partial charge on any atom is -0.242 e. The van der Waals surface area contributed by atoms with Crippen LogP contribution in [0.4, 0.5) is 0 Å². The fourth-order valence-corrected chi connectivity index (χ4v) is 4.77. The van der Waals surface area contributed by atoms with Crippen molar-refractivity contribution in [1.82, 2.24) is 9.97 Å². The van der Waals surface area contributed by atoms with Gasteiger partial charge in [0.1, 0.15) is 10.3 Å². The number of rotatable bonds is 1. The molecule has 8 heteroatoms. The van der Waals surface area contributed by atoms with E-state index in [-0.39, 0.29) is 0 Å². The van der Waals surface area contributed by atoms with E-state index in [0.29, 0.717) is 10.3 Å². The minimum atomic E-state index is 0.462. The molecule has 2 aromatic heterocycles. The third kappa shape index (κ3) is 2.98. The van der Waals surface area contributed by atoms with E-state index in [0.717, 1.165) is 27.2 Å². The van der Waals surface area contributed by atoms with Gasteiger partial charge in [-0.2, -0.15) is 0 Å². The van der Waals surface area contributed by atoms with E-state index in [2.05, 4.69) is 87.0 Å². The maximum absolute atomic E-state index is 6.07. The molecule has 0 unspecified atom stereocenters. The molecule has 0 spiro atoms. The van der Waals surface area contributed by atoms with E-state index in [1.165, 1.54) is 0 Å². The zero-order valence-electron chi connectivity index (χ0n) is 8.32. The molecule has 0 amide bonds. The molecule has 2 rings (SSSR count). The van der Waals surface area contributed by atoms with Gasteiger partial charge in [0, 0.05) is 32.5 Å². The molecular formula is C10H2Br2Cl2I2N2. The first-order chi connectivity index (χ1) is 8.43. The van der Waals surface area contributed by atoms with E-state index >= 15 is 0 Å². The average Bonchev–Trinajstić information content (AvgIpc) is 2.33. The summed E-state index contributed by atoms with van der Waals surface area (Å²) in [6, 6.07) is 0. The summed E-state index contributed by atoms with van der Waals surface area (Å²) in [5.41, 5.74) is 1.91. The largest absolute Gasteiger partial charge is 0.242 e. The molecule has 0 aromatic carbocycles. The molecule has 0 bridgehead atoms. The SMILES string of the molecule is Clc1ncc(Br)c(-c2c(Br)cnc(Cl)c2I)c1I. The Balaban J connectivity index is 2.85. The van der Waals surface area contributed by atoms with Crippen LogP contribution in [-0.4, -0.2) is 9.97 Å². The van der Waals surface area contributed by atoms with Crippen LogP contribution in [0.3, 0.4) is 0 Å². The molecule has 2 aromatic rings. The lowest BCUT2D eigenvalue weighted by atomic mass is 10.1. The van der Waals surface area contributed by atoms with Crippen molar-refractivity contribution in [2.75, 3.05) is 0 Å². The van der Waals surface area contributed by atoms with Gasteiger partial charge in [-0.1, -0.05) is 23.2 Å². The molecule has 94 valence electrons. The van der Waals surface area contributed by atoms with E-state index < -0.39 is 0 Å². The van der Waals surface area contributed by atoms with Crippen LogP contribution in [0, 0.1) is 7.14 Å². The highest BCUT2D eigenvalue weighted by atomic mass is 127. The molecule has 0 fully saturated rings. The van der Waals surface area contributed by atoms with Gasteiger partial charge >= 0.3 is 0 Å². The third-order valence-electron chi connectivity index (χ3n) is 2.11. The number of pyridine rings is 2. The molecule has 0 saturated carbocycles. The summed E-state index contributed by atoms with van der Waals surface area (Å²) in [7, 11) is 0. The molecule has 0 radical (unpaired) electrons. The highest BCUT2D eigenvalue weighted by molar-refractivity contribution is 14.1. The topological polar surface area (TPSA) is 25.8 Å². The molecule has 0 aliphatic rings. The van der Waals surface area contributed by atoms with Gasteiger partial charge < -0.3 is 0 Å². The molecule has 0 atom stereocenters. The number of aromatic nitrogens is 2. The number of halogens is 6. The number of hydrogen-bond acceptors (Lipinski definition) is 2. The quantitative estimate of drug-likeness (QED) is 0.277. The average molecular weight is 635 g/mol. The van der Waals surface area contributed by atoms with Crippen molar-refractivity contribution in [3.05, 3.63) is 38.8 Å². The zero-order chi connectivity index (χ0) is 13.4. The molecule has 18 heavy (non-hydrogen) atoms. The Morgan fingerprint density at radius 2 is 1.17 bits per heavy atom. The Kier molecular flexibility index (Phi) is 5.56. The van der Waals surface area contributed by atoms with Crippen LogP contribution in [0.2, 0.25) is 10.3 Å². The Labute approximate surface area is 158 Å². The molecule has 0 aliphatic heterocycles. The van der Waals surface area contributed by atoms with E-state index in [1.807, 2.05) is 0 Å². The third-order valence-corrected chi connectivity index (χ3v) is 6.63. The summed E-state index contributed by atoms with van der Waals surface area (Å²) >= 11 is 23.5. The number of nitrogens with zero attached hydrogens (tertiary/aromatic N) is 2. The van der Waals surface area contributed by atoms with Crippen molar-refractivity contribution >= 4 is 100 Å². The van der Waals surface area contributed by atoms with Gasteiger partial charge in [0.05, 0.1) is 7.14 Å². The summed E-state index contributed by atoms with van der Waals surface area (Å²) in [5, 5.41) is 0.925. The first-order valence-electron chi connectivity index (χ1n) is 4.42. The second kappa shape index (κ2) is 6.38. The Bertz CT molecular complexity index is 582. The minimum absolute atomic E-state index is 0.462. The van der Waals surface area contributed by atoms with Crippen molar-refractivity contribution in [2.24, 2.45) is 0 Å². The molecule has 0 aliphatic carbocycles. The van der Waals surface area contributed by atoms with Crippen molar-refractivity contribution < 1.29 is 0 Å². The summed E-state index contributed by atoms with van der Waals surface area (Å²) in [4.78, 5) is 8.18. The van der Waals surface area contributed by atoms with Crippen LogP contribution < -0.4 is 0 Å². The maximum atomic E-state index is 6.07. The predicted molar refractivity (Wildman–Crippen MR) is 98.3 cm³/mol. The summed E-state index contributed by atoms with van der Waals surface area (Å²) in [6.07, 6.45) is 3.35. The van der Waals surface area contributed by atoms with Gasteiger partial charge in [-0.15, -0.1) is 0 Å². The standard InChI is InChI=1S/C10H2Br2Cl2I2N2/c11-3-1-17-9(13)7(15)5(3)6-4(12)2-18-10(14)8(6)16/h1-2H. The van der Waals surface area contributed by atoms with Crippen molar-refractivity contribution in [1.29, 1.82) is 0 Å². The molecule has 2 nitrogen and oxygen atoms in total. The van der Waals surface area contributed by atoms with Crippen LogP contribution in [0.5, 0.6) is 0 Å². The van der Waals surface area contributed by atoms with Gasteiger partial charge in [-0.3, -0.25) is 0 Å². The van der Waals surface area contributed by atoms with Crippen molar-refractivity contribution in [3.8, 4) is 11.1 Å². The highest BCUT2D eigenvalue weighted by Gasteiger charge is 2.19. The van der Waals surface area contributed by atoms with E-state index in [9.17, 15) is 0 Å². The summed E-state index contributed by atoms with van der Waals surface area (Å²) in [6.45, 7) is 0. The first-order valence-corrected chi connectivity index (χ1v) is 8.92. The number of hydrogen-bond donors (Lipinski definition) is 0. The first kappa shape index (κ1) is 15.7. The maximum Gasteiger partial charge on any atom is 0.143 e. The summed E-state index contributed by atoms with van der Waals surface area (Å²) in [5.74, 6) is 0. The van der Waals surface area contributed by atoms with Crippen LogP contribution in [-0.2, 0) is 0 Å². The Morgan fingerprint density at radius 1 is 0.833 bits per heavy atom. The fraction of sp³-hybridized carbons (Fsp3) is 0. The van der Waals surface area contributed by atoms with Gasteiger partial charge in [0.15, 0.2) is 0 Å². The zero-order valence-corrected chi connectivity index (χ0v) is 17.3. The second-order valence-electron chi connectivity index (χ2n) is 3.17. The van der Waals surface area contributed by atoms with Crippen molar-refractivity contribution in [3.63, 3.8) is 0 Å². The predicted octanol–water partition coefficient (Wildman–Crippen LogP) is 6.18. The van der Waals surface area contributed by atoms with E-state index in [1.54, 1.807) is 12.4 Å². The molecule has 2 heterocycles. The molecular weight excluding hydrogens is 633 g/mol. The Hall–Kier alpha value is 1.30. The summed E-state index contributed by atoms with van der Waals surface area (Å²) < 4.78 is 3.45. The van der Waals surface area contributed by atoms with Crippen LogP contribution in [0.1, 0.15) is 0 Å². The second-order valence-corrected chi connectivity index (χ2v) is 7.75. The van der Waals surface area contributed by atoms with Crippen LogP contribution in [0.25, 0.3) is 11.1 Å². The Morgan fingerprint density at radius 3 is 1.50 bits per heavy atom. The molecule has 0 saturated heterocycles. The van der Waals surface area contributed by atoms with Crippen LogP contribution in [0.15, 0.2) is 21.3 Å². The monoisotopic (exact) mass is 632 g/mol. The van der Waals surface area contributed by atoms with Crippen LogP contribution >= 0.6 is 100 Å². The molecule has 0 N–H and O–H groups in total. The van der Waals surface area contributed by atoms with Gasteiger partial charge in [0.2, 0.25) is 0 Å². The van der Waals surface area contributed by atoms with Gasteiger partial charge in [0.25, 0.3) is 0 Å². The van der Waals surface area contributed by atoms with Crippen molar-refractivity contribution in [2.45, 2.75) is 0 Å². The van der Waals surface area contributed by atoms with E-state index in [4.69, 9.17) is 23.2 Å². The lowest BCUT2D eigenvalue weighted by Gasteiger charge is -2.13. The fourth-order valence-electron chi connectivity index (χ4n) is 1.34. The van der Waals surface area contributed by atoms with Gasteiger partial charge in [-0.25, -0.2) is 9.97 Å². The lowest BCUT2D eigenvalue weighted by Crippen LogP contribution is -1.95. The van der Waals surface area contributed by atoms with Gasteiger partial charge in [-0.05, 0) is 77.0 Å². The highest BCUT2D eigenvalue weighted by Crippen LogP contribution is 2.42. The lowest BCUT2D eigenvalue weighted by molar-refractivity contribution is 1.26. The smallest absolute Gasteiger partial charge is 0.143 e. The normalized spacial score (nSPS) is 10.8.